The second kappa shape index (κ2) is 13.2. The first-order valence-corrected chi connectivity index (χ1v) is 14.8. The van der Waals surface area contributed by atoms with E-state index >= 15 is 22.0 Å². The van der Waals surface area contributed by atoms with Gasteiger partial charge in [-0.3, -0.25) is 0 Å². The molecule has 0 fully saturated rings. The zero-order valence-electron chi connectivity index (χ0n) is 25.8. The van der Waals surface area contributed by atoms with Crippen LogP contribution in [-0.2, 0) is 23.4 Å². The van der Waals surface area contributed by atoms with Crippen molar-refractivity contribution in [1.29, 1.82) is 0 Å². The number of benzene rings is 3. The van der Waals surface area contributed by atoms with Crippen LogP contribution in [0.25, 0.3) is 0 Å². The lowest BCUT2D eigenvalue weighted by Gasteiger charge is -2.40. The van der Waals surface area contributed by atoms with E-state index in [4.69, 9.17) is 0 Å². The topological polar surface area (TPSA) is 9.23 Å². The van der Waals surface area contributed by atoms with Gasteiger partial charge in [0.25, 0.3) is 0 Å². The van der Waals surface area contributed by atoms with Crippen molar-refractivity contribution in [3.8, 4) is 5.75 Å². The zero-order valence-corrected chi connectivity index (χ0v) is 25.8. The maximum Gasteiger partial charge on any atom is 0.422 e. The Kier molecular flexibility index (Phi) is 10.7. The Morgan fingerprint density at radius 1 is 0.622 bits per heavy atom. The Hall–Kier alpha value is -3.24. The van der Waals surface area contributed by atoms with E-state index in [0.29, 0.717) is 6.42 Å². The third-order valence-corrected chi connectivity index (χ3v) is 8.78. The molecule has 0 amide bonds. The molecular formula is C34H36F10O. The minimum Gasteiger partial charge on any atom is -0.432 e. The lowest BCUT2D eigenvalue weighted by molar-refractivity contribution is -0.233. The molecule has 0 aromatic heterocycles. The molecule has 0 saturated carbocycles. The molecule has 11 heteroatoms. The van der Waals surface area contributed by atoms with Gasteiger partial charge in [0, 0.05) is 23.1 Å². The van der Waals surface area contributed by atoms with Crippen LogP contribution < -0.4 is 4.74 Å². The maximum absolute atomic E-state index is 16.0. The minimum atomic E-state index is -5.45. The minimum absolute atomic E-state index is 0.0129. The van der Waals surface area contributed by atoms with Gasteiger partial charge in [-0.1, -0.05) is 53.7 Å². The van der Waals surface area contributed by atoms with Crippen LogP contribution in [0.3, 0.4) is 0 Å². The van der Waals surface area contributed by atoms with Crippen LogP contribution in [0.5, 0.6) is 5.75 Å². The molecule has 0 saturated heterocycles. The summed E-state index contributed by atoms with van der Waals surface area (Å²) in [4.78, 5) is 0. The molecule has 3 rings (SSSR count). The van der Waals surface area contributed by atoms with Crippen molar-refractivity contribution in [3.63, 3.8) is 0 Å². The molecular weight excluding hydrogens is 614 g/mol. The highest BCUT2D eigenvalue weighted by Gasteiger charge is 2.58. The summed E-state index contributed by atoms with van der Waals surface area (Å²) < 4.78 is 151. The largest absolute Gasteiger partial charge is 0.432 e. The molecule has 0 aliphatic carbocycles. The van der Waals surface area contributed by atoms with Crippen LogP contribution in [0.15, 0.2) is 42.5 Å². The summed E-state index contributed by atoms with van der Waals surface area (Å²) in [5, 5.41) is 0. The molecule has 0 heterocycles. The van der Waals surface area contributed by atoms with Gasteiger partial charge in [-0.05, 0) is 72.9 Å². The van der Waals surface area contributed by atoms with Crippen LogP contribution >= 0.6 is 0 Å². The fraction of sp³-hybridized carbons (Fsp3) is 0.471. The van der Waals surface area contributed by atoms with Crippen molar-refractivity contribution in [3.05, 3.63) is 99.4 Å². The van der Waals surface area contributed by atoms with Crippen LogP contribution in [0, 0.1) is 35.0 Å². The second-order valence-electron chi connectivity index (χ2n) is 11.7. The number of halogens is 10. The molecule has 0 N–H and O–H groups in total. The summed E-state index contributed by atoms with van der Waals surface area (Å²) >= 11 is 0. The maximum atomic E-state index is 16.0. The molecule has 3 aromatic carbocycles. The third-order valence-electron chi connectivity index (χ3n) is 8.78. The lowest BCUT2D eigenvalue weighted by atomic mass is 9.68. The summed E-state index contributed by atoms with van der Waals surface area (Å²) in [7, 11) is 0. The Balaban J connectivity index is 2.16. The number of alkyl halides is 5. The van der Waals surface area contributed by atoms with Gasteiger partial charge in [0.05, 0.1) is 0 Å². The summed E-state index contributed by atoms with van der Waals surface area (Å²) in [6.45, 7) is 9.75. The highest BCUT2D eigenvalue weighted by atomic mass is 19.4. The van der Waals surface area contributed by atoms with Crippen molar-refractivity contribution >= 4 is 0 Å². The molecule has 0 aliphatic rings. The Morgan fingerprint density at radius 2 is 1.11 bits per heavy atom. The fourth-order valence-corrected chi connectivity index (χ4v) is 6.33. The second-order valence-corrected chi connectivity index (χ2v) is 11.7. The third kappa shape index (κ3) is 6.68. The number of ether oxygens (including phenoxy) is 1. The van der Waals surface area contributed by atoms with E-state index < -0.39 is 81.9 Å². The average molecular weight is 651 g/mol. The molecule has 248 valence electrons. The molecule has 3 aromatic rings. The van der Waals surface area contributed by atoms with Crippen molar-refractivity contribution in [1.82, 2.24) is 0 Å². The molecule has 0 aliphatic heterocycles. The first-order chi connectivity index (χ1) is 20.8. The van der Waals surface area contributed by atoms with E-state index in [2.05, 4.69) is 4.74 Å². The van der Waals surface area contributed by atoms with Gasteiger partial charge in [-0.2, -0.15) is 22.0 Å². The Labute approximate surface area is 256 Å². The van der Waals surface area contributed by atoms with Crippen molar-refractivity contribution in [2.24, 2.45) is 5.92 Å². The van der Waals surface area contributed by atoms with Gasteiger partial charge >= 0.3 is 12.3 Å². The first kappa shape index (κ1) is 36.2. The Morgan fingerprint density at radius 3 is 1.51 bits per heavy atom. The average Bonchev–Trinajstić information content (AvgIpc) is 2.90. The predicted octanol–water partition coefficient (Wildman–Crippen LogP) is 11.4. The van der Waals surface area contributed by atoms with E-state index in [0.717, 1.165) is 17.7 Å². The lowest BCUT2D eigenvalue weighted by Crippen LogP contribution is -2.50. The van der Waals surface area contributed by atoms with E-state index in [1.165, 1.54) is 19.9 Å². The molecule has 1 nitrogen and oxygen atoms in total. The van der Waals surface area contributed by atoms with Crippen LogP contribution in [0.2, 0.25) is 0 Å². The molecule has 0 radical (unpaired) electrons. The van der Waals surface area contributed by atoms with E-state index in [1.54, 1.807) is 26.0 Å². The van der Waals surface area contributed by atoms with E-state index in [9.17, 15) is 22.0 Å². The van der Waals surface area contributed by atoms with Gasteiger partial charge < -0.3 is 4.74 Å². The fourth-order valence-electron chi connectivity index (χ4n) is 6.33. The van der Waals surface area contributed by atoms with Crippen LogP contribution in [0.4, 0.5) is 43.9 Å². The van der Waals surface area contributed by atoms with Crippen molar-refractivity contribution < 1.29 is 48.6 Å². The Bertz CT molecular complexity index is 1460. The number of rotatable bonds is 12. The van der Waals surface area contributed by atoms with Crippen molar-refractivity contribution in [2.75, 3.05) is 0 Å². The smallest absolute Gasteiger partial charge is 0.422 e. The van der Waals surface area contributed by atoms with Gasteiger partial charge in [0.2, 0.25) is 0 Å². The SMILES string of the molecule is CCC(CC)(c1cc(F)c(C(CC)(CC)C(F)(F)Oc2cc(F)c(C(F)(F)F)c(F)c2)c(F)c1)c1ccc(CC(C)C)cc1F. The van der Waals surface area contributed by atoms with E-state index in [1.807, 2.05) is 13.8 Å². The molecule has 0 unspecified atom stereocenters. The molecule has 0 atom stereocenters. The first-order valence-electron chi connectivity index (χ1n) is 14.8. The number of hydrogen-bond donors (Lipinski definition) is 0. The standard InChI is InChI=1S/C34H36F10O/c1-7-31(8-2,23-12-11-20(13-19(5)6)14-24(23)35)21-15-25(36)29(26(37)16-21)32(9-3,10-4)34(43,44)45-22-17-27(38)30(28(39)18-22)33(40,41)42/h11-12,14-19H,7-10,13H2,1-6H3. The monoisotopic (exact) mass is 650 g/mol. The molecule has 45 heavy (non-hydrogen) atoms. The number of hydrogen-bond acceptors (Lipinski definition) is 1. The quantitative estimate of drug-likeness (QED) is 0.177. The van der Waals surface area contributed by atoms with Gasteiger partial charge in [-0.25, -0.2) is 22.0 Å². The van der Waals surface area contributed by atoms with Gasteiger partial charge in [0.15, 0.2) is 0 Å². The summed E-state index contributed by atoms with van der Waals surface area (Å²) in [6.07, 6.45) is -10.3. The van der Waals surface area contributed by atoms with Crippen LogP contribution in [0.1, 0.15) is 95.0 Å². The highest BCUT2D eigenvalue weighted by Crippen LogP contribution is 2.50. The zero-order chi connectivity index (χ0) is 34.1. The van der Waals surface area contributed by atoms with Gasteiger partial charge in [0.1, 0.15) is 45.8 Å². The highest BCUT2D eigenvalue weighted by molar-refractivity contribution is 5.45. The van der Waals surface area contributed by atoms with Gasteiger partial charge in [-0.15, -0.1) is 0 Å². The summed E-state index contributed by atoms with van der Waals surface area (Å²) in [6, 6.07) is 6.30. The predicted molar refractivity (Wildman–Crippen MR) is 152 cm³/mol. The summed E-state index contributed by atoms with van der Waals surface area (Å²) in [5.74, 6) is -8.80. The van der Waals surface area contributed by atoms with Crippen LogP contribution in [-0.4, -0.2) is 6.11 Å². The van der Waals surface area contributed by atoms with E-state index in [-0.39, 0.29) is 42.0 Å². The molecule has 0 spiro atoms. The summed E-state index contributed by atoms with van der Waals surface area (Å²) in [5.41, 5.74) is -6.43. The molecule has 0 bridgehead atoms. The van der Waals surface area contributed by atoms with Crippen molar-refractivity contribution in [2.45, 2.75) is 96.8 Å². The normalized spacial score (nSPS) is 13.1.